The summed E-state index contributed by atoms with van der Waals surface area (Å²) in [4.78, 5) is 27.9. The molecule has 184 valence electrons. The summed E-state index contributed by atoms with van der Waals surface area (Å²) in [6.45, 7) is 1.30. The highest BCUT2D eigenvalue weighted by Gasteiger charge is 2.31. The van der Waals surface area contributed by atoms with Gasteiger partial charge >= 0.3 is 0 Å². The van der Waals surface area contributed by atoms with E-state index < -0.39 is 28.5 Å². The van der Waals surface area contributed by atoms with Gasteiger partial charge in [0.1, 0.15) is 12.6 Å². The van der Waals surface area contributed by atoms with Crippen molar-refractivity contribution in [1.29, 1.82) is 0 Å². The maximum Gasteiger partial charge on any atom is 0.244 e. The fraction of sp³-hybridized carbons (Fsp3) is 0.417. The van der Waals surface area contributed by atoms with Crippen molar-refractivity contribution >= 4 is 50.7 Å². The second kappa shape index (κ2) is 11.4. The summed E-state index contributed by atoms with van der Waals surface area (Å²) >= 11 is 12.1. The summed E-state index contributed by atoms with van der Waals surface area (Å²) in [6, 6.07) is 12.5. The molecule has 1 aliphatic rings. The predicted octanol–water partition coefficient (Wildman–Crippen LogP) is 4.24. The molecule has 1 aliphatic carbocycles. The Morgan fingerprint density at radius 1 is 1.06 bits per heavy atom. The van der Waals surface area contributed by atoms with Crippen LogP contribution in [-0.2, 0) is 26.2 Å². The van der Waals surface area contributed by atoms with E-state index in [2.05, 4.69) is 5.32 Å². The van der Waals surface area contributed by atoms with E-state index in [0.29, 0.717) is 15.7 Å². The molecule has 34 heavy (non-hydrogen) atoms. The number of hydrogen-bond acceptors (Lipinski definition) is 4. The van der Waals surface area contributed by atoms with Gasteiger partial charge in [-0.3, -0.25) is 13.9 Å². The molecule has 0 heterocycles. The Balaban J connectivity index is 1.87. The minimum Gasteiger partial charge on any atom is -0.352 e. The summed E-state index contributed by atoms with van der Waals surface area (Å²) < 4.78 is 26.1. The van der Waals surface area contributed by atoms with Crippen LogP contribution in [0.3, 0.4) is 0 Å². The molecule has 0 saturated heterocycles. The molecule has 10 heteroatoms. The molecule has 1 saturated carbocycles. The topological polar surface area (TPSA) is 86.8 Å². The maximum atomic E-state index is 13.5. The van der Waals surface area contributed by atoms with Gasteiger partial charge in [-0.1, -0.05) is 48.2 Å². The van der Waals surface area contributed by atoms with Crippen LogP contribution in [0.25, 0.3) is 0 Å². The van der Waals surface area contributed by atoms with E-state index in [1.165, 1.54) is 17.0 Å². The van der Waals surface area contributed by atoms with Crippen LogP contribution in [0.1, 0.15) is 38.2 Å². The Kier molecular flexibility index (Phi) is 8.84. The van der Waals surface area contributed by atoms with Crippen molar-refractivity contribution in [2.75, 3.05) is 17.1 Å². The van der Waals surface area contributed by atoms with Gasteiger partial charge in [0.25, 0.3) is 0 Å². The smallest absolute Gasteiger partial charge is 0.244 e. The van der Waals surface area contributed by atoms with Gasteiger partial charge in [0, 0.05) is 22.6 Å². The monoisotopic (exact) mass is 525 g/mol. The van der Waals surface area contributed by atoms with Crippen LogP contribution < -0.4 is 9.62 Å². The maximum absolute atomic E-state index is 13.5. The zero-order valence-corrected chi connectivity index (χ0v) is 21.5. The average Bonchev–Trinajstić information content (AvgIpc) is 3.28. The number of rotatable bonds is 9. The number of nitrogens with one attached hydrogen (secondary N) is 1. The Morgan fingerprint density at radius 2 is 1.71 bits per heavy atom. The first-order chi connectivity index (χ1) is 16.0. The second-order valence-corrected chi connectivity index (χ2v) is 11.3. The van der Waals surface area contributed by atoms with Gasteiger partial charge < -0.3 is 10.2 Å². The van der Waals surface area contributed by atoms with Crippen LogP contribution in [-0.4, -0.2) is 50.0 Å². The van der Waals surface area contributed by atoms with E-state index >= 15 is 0 Å². The molecule has 2 aromatic carbocycles. The van der Waals surface area contributed by atoms with Crippen LogP contribution in [0.15, 0.2) is 48.5 Å². The van der Waals surface area contributed by atoms with E-state index in [9.17, 15) is 18.0 Å². The van der Waals surface area contributed by atoms with Crippen LogP contribution in [0.2, 0.25) is 10.0 Å². The standard InChI is InChI=1S/C24H29Cl2N3O4S/c1-17(24(31)27-21-8-3-4-9-21)28(15-18-6-5-7-20(26)14-18)23(30)16-29(34(2,32)33)22-12-10-19(25)11-13-22/h5-7,10-14,17,21H,3-4,8-9,15-16H2,1-2H3,(H,27,31). The summed E-state index contributed by atoms with van der Waals surface area (Å²) in [5, 5.41) is 3.98. The molecule has 0 radical (unpaired) electrons. The number of benzene rings is 2. The van der Waals surface area contributed by atoms with Crippen LogP contribution in [0.5, 0.6) is 0 Å². The largest absolute Gasteiger partial charge is 0.352 e. The molecule has 2 amide bonds. The van der Waals surface area contributed by atoms with Crippen molar-refractivity contribution in [2.45, 2.75) is 51.2 Å². The Labute approximate surface area is 211 Å². The fourth-order valence-electron chi connectivity index (χ4n) is 4.03. The number of amides is 2. The van der Waals surface area contributed by atoms with Crippen molar-refractivity contribution in [3.8, 4) is 0 Å². The highest BCUT2D eigenvalue weighted by molar-refractivity contribution is 7.92. The van der Waals surface area contributed by atoms with Gasteiger partial charge in [0.15, 0.2) is 0 Å². The van der Waals surface area contributed by atoms with Gasteiger partial charge in [-0.05, 0) is 61.7 Å². The lowest BCUT2D eigenvalue weighted by molar-refractivity contribution is -0.139. The van der Waals surface area contributed by atoms with E-state index in [-0.39, 0.29) is 18.5 Å². The summed E-state index contributed by atoms with van der Waals surface area (Å²) in [5.74, 6) is -0.769. The number of halogens is 2. The number of carbonyl (C=O) groups excluding carboxylic acids is 2. The minimum absolute atomic E-state index is 0.0969. The lowest BCUT2D eigenvalue weighted by Crippen LogP contribution is -2.52. The third-order valence-corrected chi connectivity index (χ3v) is 7.53. The van der Waals surface area contributed by atoms with E-state index in [1.54, 1.807) is 43.3 Å². The first-order valence-corrected chi connectivity index (χ1v) is 13.7. The molecule has 0 aliphatic heterocycles. The van der Waals surface area contributed by atoms with Crippen LogP contribution >= 0.6 is 23.2 Å². The average molecular weight is 526 g/mol. The molecule has 1 atom stereocenters. The quantitative estimate of drug-likeness (QED) is 0.530. The summed E-state index contributed by atoms with van der Waals surface area (Å²) in [6.07, 6.45) is 4.99. The SMILES string of the molecule is CC(C(=O)NC1CCCC1)N(Cc1cccc(Cl)c1)C(=O)CN(c1ccc(Cl)cc1)S(C)(=O)=O. The fourth-order valence-corrected chi connectivity index (χ4v) is 5.22. The summed E-state index contributed by atoms with van der Waals surface area (Å²) in [7, 11) is -3.78. The zero-order chi connectivity index (χ0) is 24.9. The number of anilines is 1. The van der Waals surface area contributed by atoms with E-state index in [1.807, 2.05) is 0 Å². The Bertz CT molecular complexity index is 1120. The second-order valence-electron chi connectivity index (χ2n) is 8.56. The molecule has 0 aromatic heterocycles. The van der Waals surface area contributed by atoms with Crippen molar-refractivity contribution in [1.82, 2.24) is 10.2 Å². The third-order valence-electron chi connectivity index (χ3n) is 5.90. The van der Waals surface area contributed by atoms with Gasteiger partial charge in [0.2, 0.25) is 21.8 Å². The molecule has 7 nitrogen and oxygen atoms in total. The normalized spacial score (nSPS) is 15.1. The molecule has 1 unspecified atom stereocenters. The molecule has 1 fully saturated rings. The van der Waals surface area contributed by atoms with Gasteiger partial charge in [0.05, 0.1) is 11.9 Å². The van der Waals surface area contributed by atoms with E-state index in [0.717, 1.165) is 41.8 Å². The lowest BCUT2D eigenvalue weighted by atomic mass is 10.1. The highest BCUT2D eigenvalue weighted by Crippen LogP contribution is 2.22. The number of sulfonamides is 1. The lowest BCUT2D eigenvalue weighted by Gasteiger charge is -2.32. The predicted molar refractivity (Wildman–Crippen MR) is 136 cm³/mol. The Hall–Kier alpha value is -2.29. The van der Waals surface area contributed by atoms with Gasteiger partial charge in [-0.25, -0.2) is 8.42 Å². The Morgan fingerprint density at radius 3 is 2.29 bits per heavy atom. The first kappa shape index (κ1) is 26.3. The van der Waals surface area contributed by atoms with Crippen molar-refractivity contribution in [3.05, 3.63) is 64.1 Å². The van der Waals surface area contributed by atoms with Crippen LogP contribution in [0.4, 0.5) is 5.69 Å². The van der Waals surface area contributed by atoms with Crippen molar-refractivity contribution in [2.24, 2.45) is 0 Å². The van der Waals surface area contributed by atoms with Crippen LogP contribution in [0, 0.1) is 0 Å². The number of hydrogen-bond donors (Lipinski definition) is 1. The third kappa shape index (κ3) is 7.10. The van der Waals surface area contributed by atoms with Gasteiger partial charge in [-0.15, -0.1) is 0 Å². The molecule has 2 aromatic rings. The minimum atomic E-state index is -3.78. The zero-order valence-electron chi connectivity index (χ0n) is 19.2. The number of nitrogens with zero attached hydrogens (tertiary/aromatic N) is 2. The molecular formula is C24H29Cl2N3O4S. The van der Waals surface area contributed by atoms with Crippen molar-refractivity contribution < 1.29 is 18.0 Å². The van der Waals surface area contributed by atoms with Crippen molar-refractivity contribution in [3.63, 3.8) is 0 Å². The molecule has 1 N–H and O–H groups in total. The molecule has 3 rings (SSSR count). The summed E-state index contributed by atoms with van der Waals surface area (Å²) in [5.41, 5.74) is 1.05. The van der Waals surface area contributed by atoms with Gasteiger partial charge in [-0.2, -0.15) is 0 Å². The first-order valence-electron chi connectivity index (χ1n) is 11.1. The number of carbonyl (C=O) groups is 2. The molecular weight excluding hydrogens is 497 g/mol. The molecule has 0 spiro atoms. The van der Waals surface area contributed by atoms with E-state index in [4.69, 9.17) is 23.2 Å². The highest BCUT2D eigenvalue weighted by atomic mass is 35.5. The molecule has 0 bridgehead atoms.